The van der Waals surface area contributed by atoms with Gasteiger partial charge in [-0.15, -0.1) is 0 Å². The molecule has 0 unspecified atom stereocenters. The van der Waals surface area contributed by atoms with Gasteiger partial charge in [0.1, 0.15) is 13.7 Å². The number of benzene rings is 1. The molecule has 0 N–H and O–H groups in total. The maximum atomic E-state index is 11.7. The first-order chi connectivity index (χ1) is 9.20. The van der Waals surface area contributed by atoms with E-state index in [1.165, 1.54) is 0 Å². The van der Waals surface area contributed by atoms with Gasteiger partial charge in [-0.1, -0.05) is 18.2 Å². The van der Waals surface area contributed by atoms with Gasteiger partial charge >= 0.3 is 5.97 Å². The third kappa shape index (κ3) is 3.17. The van der Waals surface area contributed by atoms with Gasteiger partial charge in [-0.05, 0) is 12.1 Å². The normalized spacial score (nSPS) is 9.68. The fourth-order valence-corrected chi connectivity index (χ4v) is 1.62. The summed E-state index contributed by atoms with van der Waals surface area (Å²) in [6.45, 7) is 0.156. The zero-order valence-corrected chi connectivity index (χ0v) is 10.5. The maximum Gasteiger partial charge on any atom is 0.338 e. The Morgan fingerprint density at radius 1 is 1.32 bits per heavy atom. The number of pyridine rings is 1. The molecule has 0 aliphatic carbocycles. The van der Waals surface area contributed by atoms with Crippen LogP contribution in [0, 0.1) is 11.3 Å². The minimum absolute atomic E-state index is 0.156. The third-order valence-corrected chi connectivity index (χ3v) is 2.71. The minimum Gasteiger partial charge on any atom is -0.457 e. The second kappa shape index (κ2) is 5.78. The molecule has 2 rings (SSSR count). The third-order valence-electron chi connectivity index (χ3n) is 2.71. The SMILES string of the molecule is C[n+]1ccc(COC(=O)c2ccccc2)cc1C#N. The summed E-state index contributed by atoms with van der Waals surface area (Å²) in [6.07, 6.45) is 1.77. The Kier molecular flexibility index (Phi) is 3.89. The zero-order valence-electron chi connectivity index (χ0n) is 10.5. The lowest BCUT2D eigenvalue weighted by molar-refractivity contribution is -0.674. The number of ether oxygens (including phenoxy) is 1. The number of nitriles is 1. The molecule has 0 bridgehead atoms. The molecular formula is C15H13N2O2+. The Morgan fingerprint density at radius 3 is 2.74 bits per heavy atom. The van der Waals surface area contributed by atoms with Gasteiger partial charge in [0.2, 0.25) is 0 Å². The zero-order chi connectivity index (χ0) is 13.7. The summed E-state index contributed by atoms with van der Waals surface area (Å²) in [7, 11) is 1.79. The van der Waals surface area contributed by atoms with Gasteiger partial charge in [-0.3, -0.25) is 0 Å². The Morgan fingerprint density at radius 2 is 2.05 bits per heavy atom. The lowest BCUT2D eigenvalue weighted by Crippen LogP contribution is -2.31. The molecule has 0 aliphatic heterocycles. The summed E-state index contributed by atoms with van der Waals surface area (Å²) in [6, 6.07) is 14.4. The molecule has 4 nitrogen and oxygen atoms in total. The van der Waals surface area contributed by atoms with Crippen LogP contribution in [0.5, 0.6) is 0 Å². The molecule has 1 heterocycles. The minimum atomic E-state index is -0.368. The molecule has 94 valence electrons. The Balaban J connectivity index is 2.04. The largest absolute Gasteiger partial charge is 0.457 e. The highest BCUT2D eigenvalue weighted by molar-refractivity contribution is 5.89. The van der Waals surface area contributed by atoms with Gasteiger partial charge in [-0.2, -0.15) is 9.83 Å². The van der Waals surface area contributed by atoms with Crippen molar-refractivity contribution in [2.75, 3.05) is 0 Å². The maximum absolute atomic E-state index is 11.7. The molecule has 0 saturated carbocycles. The number of hydrogen-bond acceptors (Lipinski definition) is 3. The van der Waals surface area contributed by atoms with Gasteiger partial charge in [-0.25, -0.2) is 4.79 Å². The Hall–Kier alpha value is -2.67. The van der Waals surface area contributed by atoms with Crippen molar-refractivity contribution in [3.05, 3.63) is 65.5 Å². The van der Waals surface area contributed by atoms with Crippen LogP contribution in [0.3, 0.4) is 0 Å². The molecular weight excluding hydrogens is 240 g/mol. The standard InChI is InChI=1S/C15H13N2O2/c1-17-8-7-12(9-14(17)10-16)11-19-15(18)13-5-3-2-4-6-13/h2-9H,11H2,1H3/q+1. The average Bonchev–Trinajstić information content (AvgIpc) is 2.47. The molecule has 1 aromatic heterocycles. The molecule has 0 aliphatic rings. The van der Waals surface area contributed by atoms with E-state index in [-0.39, 0.29) is 12.6 Å². The molecule has 0 atom stereocenters. The van der Waals surface area contributed by atoms with E-state index in [0.29, 0.717) is 11.3 Å². The van der Waals surface area contributed by atoms with Crippen molar-refractivity contribution < 1.29 is 14.1 Å². The van der Waals surface area contributed by atoms with E-state index >= 15 is 0 Å². The first-order valence-electron chi connectivity index (χ1n) is 5.81. The molecule has 2 aromatic rings. The van der Waals surface area contributed by atoms with E-state index in [0.717, 1.165) is 5.56 Å². The predicted octanol–water partition coefficient (Wildman–Crippen LogP) is 1.74. The van der Waals surface area contributed by atoms with Crippen LogP contribution in [0.25, 0.3) is 0 Å². The van der Waals surface area contributed by atoms with E-state index in [2.05, 4.69) is 6.07 Å². The molecule has 1 aromatic carbocycles. The molecule has 0 radical (unpaired) electrons. The summed E-state index contributed by atoms with van der Waals surface area (Å²) in [5.74, 6) is -0.368. The summed E-state index contributed by atoms with van der Waals surface area (Å²) < 4.78 is 6.91. The van der Waals surface area contributed by atoms with E-state index in [1.807, 2.05) is 12.1 Å². The highest BCUT2D eigenvalue weighted by Gasteiger charge is 2.09. The lowest BCUT2D eigenvalue weighted by atomic mass is 10.2. The van der Waals surface area contributed by atoms with Crippen LogP contribution in [0.15, 0.2) is 48.7 Å². The van der Waals surface area contributed by atoms with E-state index < -0.39 is 0 Å². The fourth-order valence-electron chi connectivity index (χ4n) is 1.62. The first kappa shape index (κ1) is 12.8. The molecule has 19 heavy (non-hydrogen) atoms. The quantitative estimate of drug-likeness (QED) is 0.618. The summed E-state index contributed by atoms with van der Waals surface area (Å²) >= 11 is 0. The van der Waals surface area contributed by atoms with Crippen LogP contribution in [0.2, 0.25) is 0 Å². The van der Waals surface area contributed by atoms with Crippen LogP contribution in [0.4, 0.5) is 0 Å². The summed E-state index contributed by atoms with van der Waals surface area (Å²) in [4.78, 5) is 11.7. The van der Waals surface area contributed by atoms with Crippen molar-refractivity contribution in [3.8, 4) is 6.07 Å². The lowest BCUT2D eigenvalue weighted by Gasteiger charge is -2.04. The second-order valence-electron chi connectivity index (χ2n) is 4.09. The van der Waals surface area contributed by atoms with E-state index in [1.54, 1.807) is 48.1 Å². The van der Waals surface area contributed by atoms with E-state index in [4.69, 9.17) is 10.00 Å². The van der Waals surface area contributed by atoms with Crippen molar-refractivity contribution in [2.24, 2.45) is 7.05 Å². The first-order valence-corrected chi connectivity index (χ1v) is 5.81. The average molecular weight is 253 g/mol. The Labute approximate surface area is 111 Å². The van der Waals surface area contributed by atoms with Crippen molar-refractivity contribution in [3.63, 3.8) is 0 Å². The van der Waals surface area contributed by atoms with Crippen molar-refractivity contribution in [1.29, 1.82) is 5.26 Å². The second-order valence-corrected chi connectivity index (χ2v) is 4.09. The van der Waals surface area contributed by atoms with Crippen LogP contribution >= 0.6 is 0 Å². The van der Waals surface area contributed by atoms with Crippen LogP contribution in [-0.2, 0) is 18.4 Å². The number of rotatable bonds is 3. The van der Waals surface area contributed by atoms with Gasteiger partial charge in [0.05, 0.1) is 5.56 Å². The number of nitrogens with zero attached hydrogens (tertiary/aromatic N) is 2. The smallest absolute Gasteiger partial charge is 0.338 e. The highest BCUT2D eigenvalue weighted by Crippen LogP contribution is 2.06. The number of carbonyl (C=O) groups excluding carboxylic acids is 1. The fraction of sp³-hybridized carbons (Fsp3) is 0.133. The Bertz CT molecular complexity index is 630. The summed E-state index contributed by atoms with van der Waals surface area (Å²) in [5, 5.41) is 8.92. The topological polar surface area (TPSA) is 54.0 Å². The number of hydrogen-bond donors (Lipinski definition) is 0. The molecule has 4 heteroatoms. The van der Waals surface area contributed by atoms with Crippen LogP contribution in [0.1, 0.15) is 21.6 Å². The highest BCUT2D eigenvalue weighted by atomic mass is 16.5. The van der Waals surface area contributed by atoms with Gasteiger partial charge in [0, 0.05) is 17.7 Å². The predicted molar refractivity (Wildman–Crippen MR) is 67.9 cm³/mol. The van der Waals surface area contributed by atoms with Gasteiger partial charge in [0.25, 0.3) is 5.69 Å². The summed E-state index contributed by atoms with van der Waals surface area (Å²) in [5.41, 5.74) is 1.83. The van der Waals surface area contributed by atoms with Crippen LogP contribution < -0.4 is 4.57 Å². The van der Waals surface area contributed by atoms with Gasteiger partial charge < -0.3 is 4.74 Å². The van der Waals surface area contributed by atoms with Crippen molar-refractivity contribution >= 4 is 5.97 Å². The number of aryl methyl sites for hydroxylation is 1. The van der Waals surface area contributed by atoms with Gasteiger partial charge in [0.15, 0.2) is 12.3 Å². The monoisotopic (exact) mass is 253 g/mol. The molecule has 0 amide bonds. The van der Waals surface area contributed by atoms with Crippen LogP contribution in [-0.4, -0.2) is 5.97 Å². The molecule has 0 fully saturated rings. The van der Waals surface area contributed by atoms with Crippen molar-refractivity contribution in [1.82, 2.24) is 0 Å². The van der Waals surface area contributed by atoms with E-state index in [9.17, 15) is 4.79 Å². The molecule has 0 spiro atoms. The molecule has 0 saturated heterocycles. The van der Waals surface area contributed by atoms with Crippen molar-refractivity contribution in [2.45, 2.75) is 6.61 Å². The number of carbonyl (C=O) groups is 1. The number of aromatic nitrogens is 1. The number of esters is 1.